The number of hydrogen-bond acceptors (Lipinski definition) is 2. The fraction of sp³-hybridized carbons (Fsp3) is 0.222. The maximum Gasteiger partial charge on any atom is 0.137 e. The minimum absolute atomic E-state index is 0.0786. The summed E-state index contributed by atoms with van der Waals surface area (Å²) in [5.41, 5.74) is 3.36. The monoisotopic (exact) mass is 343 g/mol. The summed E-state index contributed by atoms with van der Waals surface area (Å²) in [6.45, 7) is 5.08. The van der Waals surface area contributed by atoms with Gasteiger partial charge in [-0.15, -0.1) is 0 Å². The highest BCUT2D eigenvalue weighted by atomic mass is 79.9. The predicted octanol–water partition coefficient (Wildman–Crippen LogP) is 5.20. The van der Waals surface area contributed by atoms with Gasteiger partial charge in [-0.05, 0) is 42.8 Å². The number of furan rings is 1. The van der Waals surface area contributed by atoms with E-state index in [4.69, 9.17) is 4.42 Å². The molecule has 0 saturated carbocycles. The van der Waals surface area contributed by atoms with Gasteiger partial charge in [0.1, 0.15) is 11.3 Å². The lowest BCUT2D eigenvalue weighted by molar-refractivity contribution is 0.476. The first-order chi connectivity index (χ1) is 10.2. The van der Waals surface area contributed by atoms with Crippen molar-refractivity contribution in [2.24, 2.45) is 0 Å². The third-order valence-corrected chi connectivity index (χ3v) is 4.18. The second-order valence-electron chi connectivity index (χ2n) is 5.18. The molecule has 0 bridgehead atoms. The second kappa shape index (κ2) is 6.04. The summed E-state index contributed by atoms with van der Waals surface area (Å²) >= 11 is 3.48. The van der Waals surface area contributed by atoms with Gasteiger partial charge in [0, 0.05) is 9.86 Å². The van der Waals surface area contributed by atoms with E-state index in [0.29, 0.717) is 0 Å². The van der Waals surface area contributed by atoms with Crippen LogP contribution in [0.2, 0.25) is 0 Å². The Morgan fingerprint density at radius 1 is 1.14 bits per heavy atom. The van der Waals surface area contributed by atoms with E-state index in [-0.39, 0.29) is 6.04 Å². The molecule has 0 radical (unpaired) electrons. The third-order valence-electron chi connectivity index (χ3n) is 3.66. The molecule has 3 aromatic rings. The predicted molar refractivity (Wildman–Crippen MR) is 90.6 cm³/mol. The molecule has 0 spiro atoms. The van der Waals surface area contributed by atoms with Crippen LogP contribution < -0.4 is 5.32 Å². The number of aryl methyl sites for hydroxylation is 1. The first kappa shape index (κ1) is 14.4. The van der Waals surface area contributed by atoms with Gasteiger partial charge in [-0.3, -0.25) is 0 Å². The van der Waals surface area contributed by atoms with Crippen LogP contribution in [-0.2, 0) is 0 Å². The van der Waals surface area contributed by atoms with Crippen molar-refractivity contribution in [2.45, 2.75) is 19.9 Å². The summed E-state index contributed by atoms with van der Waals surface area (Å²) < 4.78 is 7.21. The molecule has 1 aromatic heterocycles. The van der Waals surface area contributed by atoms with Gasteiger partial charge in [-0.1, -0.05) is 53.2 Å². The Morgan fingerprint density at radius 3 is 2.57 bits per heavy atom. The Morgan fingerprint density at radius 2 is 1.90 bits per heavy atom. The van der Waals surface area contributed by atoms with E-state index < -0.39 is 0 Å². The first-order valence-corrected chi connectivity index (χ1v) is 7.96. The number of halogens is 1. The number of hydrogen-bond donors (Lipinski definition) is 1. The summed E-state index contributed by atoms with van der Waals surface area (Å²) in [5, 5.41) is 4.66. The van der Waals surface area contributed by atoms with Gasteiger partial charge in [-0.2, -0.15) is 0 Å². The molecule has 0 aliphatic carbocycles. The molecule has 0 aliphatic rings. The van der Waals surface area contributed by atoms with Crippen LogP contribution in [-0.4, -0.2) is 6.54 Å². The average molecular weight is 344 g/mol. The largest absolute Gasteiger partial charge is 0.459 e. The van der Waals surface area contributed by atoms with E-state index in [2.05, 4.69) is 83.6 Å². The highest BCUT2D eigenvalue weighted by Crippen LogP contribution is 2.30. The molecule has 3 rings (SSSR count). The molecule has 0 amide bonds. The van der Waals surface area contributed by atoms with Crippen molar-refractivity contribution in [1.29, 1.82) is 0 Å². The number of benzene rings is 2. The van der Waals surface area contributed by atoms with Crippen LogP contribution in [0.3, 0.4) is 0 Å². The summed E-state index contributed by atoms with van der Waals surface area (Å²) in [5.74, 6) is 0.962. The quantitative estimate of drug-likeness (QED) is 0.703. The molecule has 21 heavy (non-hydrogen) atoms. The number of nitrogens with one attached hydrogen (secondary N) is 1. The highest BCUT2D eigenvalue weighted by molar-refractivity contribution is 9.10. The van der Waals surface area contributed by atoms with Crippen LogP contribution in [0, 0.1) is 6.92 Å². The molecule has 1 unspecified atom stereocenters. The van der Waals surface area contributed by atoms with E-state index in [1.165, 1.54) is 11.1 Å². The molecule has 3 heteroatoms. The molecule has 2 nitrogen and oxygen atoms in total. The standard InChI is InChI=1S/C18H18BrNO/c1-3-20-17(13-7-9-15(19)10-8-13)16-11-14-6-4-5-12(2)18(14)21-16/h4-11,17,20H,3H2,1-2H3. The third kappa shape index (κ3) is 2.89. The smallest absolute Gasteiger partial charge is 0.137 e. The summed E-state index contributed by atoms with van der Waals surface area (Å²) in [7, 11) is 0. The topological polar surface area (TPSA) is 25.2 Å². The van der Waals surface area contributed by atoms with Crippen molar-refractivity contribution in [3.63, 3.8) is 0 Å². The van der Waals surface area contributed by atoms with Crippen LogP contribution >= 0.6 is 15.9 Å². The molecule has 0 fully saturated rings. The number of para-hydroxylation sites is 1. The molecule has 108 valence electrons. The van der Waals surface area contributed by atoms with Gasteiger partial charge < -0.3 is 9.73 Å². The molecule has 2 aromatic carbocycles. The SMILES string of the molecule is CCNC(c1ccc(Br)cc1)c1cc2cccc(C)c2o1. The maximum atomic E-state index is 6.12. The Balaban J connectivity index is 2.06. The van der Waals surface area contributed by atoms with Gasteiger partial charge in [-0.25, -0.2) is 0 Å². The zero-order valence-electron chi connectivity index (χ0n) is 12.2. The van der Waals surface area contributed by atoms with Crippen LogP contribution in [0.1, 0.15) is 29.9 Å². The van der Waals surface area contributed by atoms with Crippen molar-refractivity contribution in [3.8, 4) is 0 Å². The molecular weight excluding hydrogens is 326 g/mol. The molecule has 1 atom stereocenters. The van der Waals surface area contributed by atoms with Gasteiger partial charge >= 0.3 is 0 Å². The van der Waals surface area contributed by atoms with Crippen molar-refractivity contribution >= 4 is 26.9 Å². The van der Waals surface area contributed by atoms with E-state index >= 15 is 0 Å². The van der Waals surface area contributed by atoms with E-state index in [0.717, 1.165) is 27.7 Å². The molecular formula is C18H18BrNO. The number of rotatable bonds is 4. The lowest BCUT2D eigenvalue weighted by atomic mass is 10.0. The fourth-order valence-electron chi connectivity index (χ4n) is 2.61. The van der Waals surface area contributed by atoms with Crippen LogP contribution in [0.15, 0.2) is 57.4 Å². The number of fused-ring (bicyclic) bond motifs is 1. The zero-order chi connectivity index (χ0) is 14.8. The highest BCUT2D eigenvalue weighted by Gasteiger charge is 2.18. The lowest BCUT2D eigenvalue weighted by Crippen LogP contribution is -2.21. The average Bonchev–Trinajstić information content (AvgIpc) is 2.91. The fourth-order valence-corrected chi connectivity index (χ4v) is 2.88. The van der Waals surface area contributed by atoms with E-state index in [9.17, 15) is 0 Å². The summed E-state index contributed by atoms with van der Waals surface area (Å²) in [6, 6.07) is 16.8. The summed E-state index contributed by atoms with van der Waals surface area (Å²) in [6.07, 6.45) is 0. The van der Waals surface area contributed by atoms with E-state index in [1.807, 2.05) is 0 Å². The van der Waals surface area contributed by atoms with Crippen molar-refractivity contribution < 1.29 is 4.42 Å². The minimum Gasteiger partial charge on any atom is -0.459 e. The Bertz CT molecular complexity index is 746. The molecule has 0 aliphatic heterocycles. The van der Waals surface area contributed by atoms with Crippen LogP contribution in [0.5, 0.6) is 0 Å². The summed E-state index contributed by atoms with van der Waals surface area (Å²) in [4.78, 5) is 0. The van der Waals surface area contributed by atoms with E-state index in [1.54, 1.807) is 0 Å². The lowest BCUT2D eigenvalue weighted by Gasteiger charge is -2.16. The van der Waals surface area contributed by atoms with Crippen LogP contribution in [0.4, 0.5) is 0 Å². The van der Waals surface area contributed by atoms with Gasteiger partial charge in [0.15, 0.2) is 0 Å². The van der Waals surface area contributed by atoms with Crippen LogP contribution in [0.25, 0.3) is 11.0 Å². The Kier molecular flexibility index (Phi) is 4.13. The first-order valence-electron chi connectivity index (χ1n) is 7.17. The normalized spacial score (nSPS) is 12.7. The second-order valence-corrected chi connectivity index (χ2v) is 6.10. The Hall–Kier alpha value is -1.58. The molecule has 0 saturated heterocycles. The Labute approximate surface area is 133 Å². The van der Waals surface area contributed by atoms with Gasteiger partial charge in [0.2, 0.25) is 0 Å². The molecule has 1 N–H and O–H groups in total. The van der Waals surface area contributed by atoms with Crippen molar-refractivity contribution in [2.75, 3.05) is 6.54 Å². The van der Waals surface area contributed by atoms with Crippen molar-refractivity contribution in [3.05, 3.63) is 69.9 Å². The van der Waals surface area contributed by atoms with Gasteiger partial charge in [0.05, 0.1) is 6.04 Å². The molecule has 1 heterocycles. The minimum atomic E-state index is 0.0786. The van der Waals surface area contributed by atoms with Crippen molar-refractivity contribution in [1.82, 2.24) is 5.32 Å². The van der Waals surface area contributed by atoms with Gasteiger partial charge in [0.25, 0.3) is 0 Å². The maximum absolute atomic E-state index is 6.12. The zero-order valence-corrected chi connectivity index (χ0v) is 13.8.